The highest BCUT2D eigenvalue weighted by Crippen LogP contribution is 1.98. The van der Waals surface area contributed by atoms with E-state index in [1.807, 2.05) is 0 Å². The fourth-order valence-corrected chi connectivity index (χ4v) is 0. The Morgan fingerprint density at radius 2 is 1.50 bits per heavy atom. The van der Waals surface area contributed by atoms with Gasteiger partial charge in [-0.1, -0.05) is 19.6 Å². The second-order valence-electron chi connectivity index (χ2n) is 2.57. The van der Waals surface area contributed by atoms with Gasteiger partial charge in [0.15, 0.2) is 0 Å². The van der Waals surface area contributed by atoms with Crippen LogP contribution in [0.25, 0.3) is 0 Å². The molecule has 0 aromatic carbocycles. The van der Waals surface area contributed by atoms with Crippen LogP contribution in [0.3, 0.4) is 0 Å². The van der Waals surface area contributed by atoms with E-state index in [4.69, 9.17) is 0 Å². The van der Waals surface area contributed by atoms with Gasteiger partial charge < -0.3 is 0 Å². The molecule has 0 unspecified atom stereocenters. The molecule has 0 fully saturated rings. The zero-order valence-corrected chi connectivity index (χ0v) is 5.78. The zero-order valence-electron chi connectivity index (χ0n) is 4.78. The molecule has 0 aliphatic rings. The Labute approximate surface area is 40.9 Å². The van der Waals surface area contributed by atoms with Crippen LogP contribution < -0.4 is 0 Å². The molecule has 36 valence electrons. The van der Waals surface area contributed by atoms with Crippen LogP contribution in [0.2, 0.25) is 19.6 Å². The first-order valence-corrected chi connectivity index (χ1v) is 5.77. The van der Waals surface area contributed by atoms with Gasteiger partial charge in [0.1, 0.15) is 0 Å². The molecule has 0 bridgehead atoms. The van der Waals surface area contributed by atoms with Crippen molar-refractivity contribution in [2.75, 3.05) is 0 Å². The Hall–Kier alpha value is -0.0431. The van der Waals surface area contributed by atoms with Crippen LogP contribution in [0.5, 0.6) is 0 Å². The van der Waals surface area contributed by atoms with Gasteiger partial charge in [-0.25, -0.2) is 0 Å². The monoisotopic (exact) mass is 100 g/mol. The summed E-state index contributed by atoms with van der Waals surface area (Å²) in [5, 5.41) is 0. The molecule has 0 saturated carbocycles. The van der Waals surface area contributed by atoms with Gasteiger partial charge in [0.05, 0.1) is 8.07 Å². The summed E-state index contributed by atoms with van der Waals surface area (Å²) >= 11 is 0. The van der Waals surface area contributed by atoms with Gasteiger partial charge in [0.2, 0.25) is 0 Å². The molecule has 0 radical (unpaired) electrons. The van der Waals surface area contributed by atoms with Crippen molar-refractivity contribution >= 4 is 8.07 Å². The van der Waals surface area contributed by atoms with E-state index >= 15 is 0 Å². The van der Waals surface area contributed by atoms with Crippen molar-refractivity contribution in [3.05, 3.63) is 12.3 Å². The largest absolute Gasteiger partial charge is 0.107 e. The summed E-state index contributed by atoms with van der Waals surface area (Å²) < 4.78 is 0. The van der Waals surface area contributed by atoms with Gasteiger partial charge in [0.25, 0.3) is 0 Å². The lowest BCUT2D eigenvalue weighted by Gasteiger charge is -2.04. The van der Waals surface area contributed by atoms with Crippen molar-refractivity contribution in [3.63, 3.8) is 0 Å². The summed E-state index contributed by atoms with van der Waals surface area (Å²) in [7, 11) is -0.867. The van der Waals surface area contributed by atoms with E-state index in [9.17, 15) is 0 Å². The molecule has 0 nitrogen and oxygen atoms in total. The number of rotatable bonds is 1. The first-order valence-electron chi connectivity index (χ1n) is 2.20. The lowest BCUT2D eigenvalue weighted by atomic mass is 11.3. The van der Waals surface area contributed by atoms with Crippen LogP contribution in [0.15, 0.2) is 12.3 Å². The summed E-state index contributed by atoms with van der Waals surface area (Å²) in [4.78, 5) is 0. The second-order valence-corrected chi connectivity index (χ2v) is 7.71. The van der Waals surface area contributed by atoms with Crippen molar-refractivity contribution in [2.24, 2.45) is 0 Å². The Morgan fingerprint density at radius 1 is 1.33 bits per heavy atom. The third-order valence-electron chi connectivity index (χ3n) is 0.612. The topological polar surface area (TPSA) is 0 Å². The third kappa shape index (κ3) is 3.96. The predicted molar refractivity (Wildman–Crippen MR) is 33.5 cm³/mol. The van der Waals surface area contributed by atoms with E-state index in [1.165, 1.54) is 0 Å². The number of hydrogen-bond donors (Lipinski definition) is 0. The maximum Gasteiger partial charge on any atom is 0.0679 e. The molecule has 0 spiro atoms. The molecule has 0 aromatic rings. The molecule has 0 aromatic heterocycles. The van der Waals surface area contributed by atoms with E-state index in [0.717, 1.165) is 0 Å². The van der Waals surface area contributed by atoms with E-state index in [2.05, 4.69) is 31.9 Å². The summed E-state index contributed by atoms with van der Waals surface area (Å²) in [5.74, 6) is 0. The average molecular weight is 100 g/mol. The first-order chi connectivity index (χ1) is 2.56. The first kappa shape index (κ1) is 5.96. The minimum absolute atomic E-state index is 0.867. The second kappa shape index (κ2) is 1.60. The van der Waals surface area contributed by atoms with E-state index in [0.29, 0.717) is 0 Å². The summed E-state index contributed by atoms with van der Waals surface area (Å²) in [6, 6.07) is 0. The molecule has 1 heteroatoms. The number of hydrogen-bond acceptors (Lipinski definition) is 0. The van der Waals surface area contributed by atoms with Crippen LogP contribution in [0.4, 0.5) is 0 Å². The van der Waals surface area contributed by atoms with Crippen molar-refractivity contribution in [2.45, 2.75) is 19.6 Å². The van der Waals surface area contributed by atoms with Gasteiger partial charge in [-0.05, 0) is 0 Å². The Bertz CT molecular complexity index is 49.4. The molecule has 0 aliphatic heterocycles. The average Bonchev–Trinajstić information content (AvgIpc) is 1.35. The van der Waals surface area contributed by atoms with Gasteiger partial charge in [-0.15, -0.1) is 12.3 Å². The molecule has 0 saturated heterocycles. The minimum Gasteiger partial charge on any atom is -0.107 e. The Kier molecular flexibility index (Phi) is 1.59. The van der Waals surface area contributed by atoms with Gasteiger partial charge in [0, 0.05) is 0 Å². The normalized spacial score (nSPS) is 11.2. The highest BCUT2D eigenvalue weighted by atomic mass is 28.3. The molecule has 0 amide bonds. The van der Waals surface area contributed by atoms with Crippen molar-refractivity contribution in [1.29, 1.82) is 0 Å². The van der Waals surface area contributed by atoms with Crippen LogP contribution in [-0.4, -0.2) is 8.07 Å². The summed E-state index contributed by atoms with van der Waals surface area (Å²) in [6.45, 7) is 10.5. The van der Waals surface area contributed by atoms with Crippen LogP contribution in [-0.2, 0) is 0 Å². The smallest absolute Gasteiger partial charge is 0.0679 e. The third-order valence-corrected chi connectivity index (χ3v) is 1.84. The van der Waals surface area contributed by atoms with Gasteiger partial charge >= 0.3 is 0 Å². The summed E-state index contributed by atoms with van der Waals surface area (Å²) in [6.07, 6.45) is 0. The minimum atomic E-state index is -0.867. The predicted octanol–water partition coefficient (Wildman–Crippen LogP) is 2.05. The van der Waals surface area contributed by atoms with Crippen LogP contribution in [0, 0.1) is 0 Å². The highest BCUT2D eigenvalue weighted by molar-refractivity contribution is 6.80. The molecule has 0 rings (SSSR count). The molecule has 0 aliphatic carbocycles. The Morgan fingerprint density at radius 3 is 1.50 bits per heavy atom. The lowest BCUT2D eigenvalue weighted by Crippen LogP contribution is -2.14. The maximum absolute atomic E-state index is 3.69. The van der Waals surface area contributed by atoms with Crippen LogP contribution >= 0.6 is 0 Å². The van der Waals surface area contributed by atoms with E-state index in [-0.39, 0.29) is 0 Å². The van der Waals surface area contributed by atoms with Crippen LogP contribution in [0.1, 0.15) is 0 Å². The quantitative estimate of drug-likeness (QED) is 0.442. The van der Waals surface area contributed by atoms with E-state index < -0.39 is 8.07 Å². The molecular weight excluding hydrogens is 88.1 g/mol. The van der Waals surface area contributed by atoms with Crippen molar-refractivity contribution in [3.8, 4) is 0 Å². The molecule has 0 atom stereocenters. The maximum atomic E-state index is 3.69. The van der Waals surface area contributed by atoms with E-state index in [1.54, 1.807) is 0 Å². The fourth-order valence-electron chi connectivity index (χ4n) is 0. The van der Waals surface area contributed by atoms with Gasteiger partial charge in [-0.2, -0.15) is 0 Å². The van der Waals surface area contributed by atoms with Crippen molar-refractivity contribution < 1.29 is 0 Å². The molecular formula is C5H12Si. The summed E-state index contributed by atoms with van der Waals surface area (Å²) in [5.41, 5.74) is 2.08. The molecule has 6 heavy (non-hydrogen) atoms. The molecule has 0 N–H and O–H groups in total. The molecule has 0 heterocycles. The Balaban J connectivity index is 3.45. The van der Waals surface area contributed by atoms with Crippen molar-refractivity contribution in [1.82, 2.24) is 0 Å². The highest BCUT2D eigenvalue weighted by Gasteiger charge is 2.03. The lowest BCUT2D eigenvalue weighted by molar-refractivity contribution is 1.78. The van der Waals surface area contributed by atoms with Gasteiger partial charge in [-0.3, -0.25) is 0 Å². The fraction of sp³-hybridized carbons (Fsp3) is 0.600. The SMILES string of the molecule is C=C[Si](C)(C)C. The zero-order chi connectivity index (χ0) is 5.21. The standard InChI is InChI=1S/C5H12Si/c1-5-6(2,3)4/h5H,1H2,2-4H3.